The summed E-state index contributed by atoms with van der Waals surface area (Å²) in [6.45, 7) is 0.322. The first-order valence-electron chi connectivity index (χ1n) is 6.15. The second-order valence-corrected chi connectivity index (χ2v) is 4.89. The van der Waals surface area contributed by atoms with Crippen molar-refractivity contribution in [3.8, 4) is 0 Å². The molecule has 0 spiro atoms. The Balaban J connectivity index is 2.00. The molecular weight excluding hydrogens is 257 g/mol. The highest BCUT2D eigenvalue weighted by Gasteiger charge is 2.24. The largest absolute Gasteiger partial charge is 0.352 e. The Kier molecular flexibility index (Phi) is 4.09. The van der Waals surface area contributed by atoms with E-state index in [1.807, 2.05) is 0 Å². The van der Waals surface area contributed by atoms with Crippen molar-refractivity contribution in [2.45, 2.75) is 25.3 Å². The zero-order valence-corrected chi connectivity index (χ0v) is 10.3. The number of carbonyl (C=O) groups is 1. The molecule has 3 N–H and O–H groups in total. The van der Waals surface area contributed by atoms with Crippen LogP contribution in [0.2, 0.25) is 0 Å². The fraction of sp³-hybridized carbons (Fsp3) is 0.462. The number of hydrogen-bond donors (Lipinski definition) is 2. The van der Waals surface area contributed by atoms with E-state index in [1.165, 1.54) is 0 Å². The first kappa shape index (κ1) is 13.9. The monoisotopic (exact) mass is 272 g/mol. The number of nitrogens with one attached hydrogen (secondary N) is 1. The van der Waals surface area contributed by atoms with Gasteiger partial charge in [-0.15, -0.1) is 0 Å². The summed E-state index contributed by atoms with van der Waals surface area (Å²) in [4.78, 5) is 11.7. The van der Waals surface area contributed by atoms with E-state index in [1.54, 1.807) is 0 Å². The predicted molar refractivity (Wildman–Crippen MR) is 64.0 cm³/mol. The standard InChI is InChI=1S/C13H15F3N2O/c14-8-4-10(15)12(11(16)5-8)13(19)18-6-7-1-2-9(17)3-7/h4-5,7,9H,1-3,6,17H2,(H,18,19). The highest BCUT2D eigenvalue weighted by atomic mass is 19.1. The quantitative estimate of drug-likeness (QED) is 0.883. The molecular formula is C13H15F3N2O. The Morgan fingerprint density at radius 1 is 1.26 bits per heavy atom. The van der Waals surface area contributed by atoms with Crippen molar-refractivity contribution < 1.29 is 18.0 Å². The molecule has 1 aromatic rings. The summed E-state index contributed by atoms with van der Waals surface area (Å²) < 4.78 is 39.4. The lowest BCUT2D eigenvalue weighted by Crippen LogP contribution is -2.30. The van der Waals surface area contributed by atoms with E-state index in [4.69, 9.17) is 5.73 Å². The molecule has 2 unspecified atom stereocenters. The summed E-state index contributed by atoms with van der Waals surface area (Å²) in [6.07, 6.45) is 2.56. The molecule has 104 valence electrons. The lowest BCUT2D eigenvalue weighted by atomic mass is 10.1. The van der Waals surface area contributed by atoms with Crippen LogP contribution in [0.1, 0.15) is 29.6 Å². The van der Waals surface area contributed by atoms with Crippen molar-refractivity contribution in [3.05, 3.63) is 35.1 Å². The molecule has 1 aliphatic rings. The molecule has 0 bridgehead atoms. The van der Waals surface area contributed by atoms with Crippen LogP contribution in [0.4, 0.5) is 13.2 Å². The maximum atomic E-state index is 13.4. The minimum absolute atomic E-state index is 0.126. The molecule has 6 heteroatoms. The Morgan fingerprint density at radius 2 is 1.89 bits per heavy atom. The number of carbonyl (C=O) groups excluding carboxylic acids is 1. The summed E-state index contributed by atoms with van der Waals surface area (Å²) in [7, 11) is 0. The summed E-state index contributed by atoms with van der Waals surface area (Å²) >= 11 is 0. The molecule has 0 aromatic heterocycles. The van der Waals surface area contributed by atoms with E-state index in [0.29, 0.717) is 18.7 Å². The van der Waals surface area contributed by atoms with Gasteiger partial charge in [-0.25, -0.2) is 13.2 Å². The van der Waals surface area contributed by atoms with E-state index in [0.717, 1.165) is 19.3 Å². The Bertz CT molecular complexity index is 470. The van der Waals surface area contributed by atoms with Gasteiger partial charge in [0.1, 0.15) is 23.0 Å². The van der Waals surface area contributed by atoms with E-state index in [2.05, 4.69) is 5.32 Å². The molecule has 3 nitrogen and oxygen atoms in total. The molecule has 1 fully saturated rings. The number of hydrogen-bond acceptors (Lipinski definition) is 2. The Labute approximate surface area is 109 Å². The van der Waals surface area contributed by atoms with Crippen LogP contribution in [0.15, 0.2) is 12.1 Å². The average Bonchev–Trinajstić information content (AvgIpc) is 2.71. The lowest BCUT2D eigenvalue weighted by molar-refractivity contribution is 0.0938. The van der Waals surface area contributed by atoms with Crippen LogP contribution >= 0.6 is 0 Å². The van der Waals surface area contributed by atoms with Crippen LogP contribution in [0.5, 0.6) is 0 Å². The number of amides is 1. The summed E-state index contributed by atoms with van der Waals surface area (Å²) in [5.74, 6) is -4.08. The van der Waals surface area contributed by atoms with Gasteiger partial charge in [-0.1, -0.05) is 0 Å². The van der Waals surface area contributed by atoms with Gasteiger partial charge in [0.2, 0.25) is 0 Å². The minimum Gasteiger partial charge on any atom is -0.352 e. The number of nitrogens with two attached hydrogens (primary N) is 1. The summed E-state index contributed by atoms with van der Waals surface area (Å²) in [6, 6.07) is 1.11. The molecule has 19 heavy (non-hydrogen) atoms. The van der Waals surface area contributed by atoms with Gasteiger partial charge in [0.05, 0.1) is 0 Å². The van der Waals surface area contributed by atoms with Crippen molar-refractivity contribution in [2.24, 2.45) is 11.7 Å². The van der Waals surface area contributed by atoms with Gasteiger partial charge in [-0.2, -0.15) is 0 Å². The van der Waals surface area contributed by atoms with Crippen LogP contribution in [-0.2, 0) is 0 Å². The average molecular weight is 272 g/mol. The van der Waals surface area contributed by atoms with Gasteiger partial charge in [0.25, 0.3) is 5.91 Å². The van der Waals surface area contributed by atoms with E-state index in [-0.39, 0.29) is 12.0 Å². The van der Waals surface area contributed by atoms with E-state index < -0.39 is 28.9 Å². The summed E-state index contributed by atoms with van der Waals surface area (Å²) in [5, 5.41) is 2.47. The number of benzene rings is 1. The molecule has 2 rings (SSSR count). The van der Waals surface area contributed by atoms with Crippen molar-refractivity contribution in [3.63, 3.8) is 0 Å². The van der Waals surface area contributed by atoms with E-state index >= 15 is 0 Å². The van der Waals surface area contributed by atoms with Crippen molar-refractivity contribution >= 4 is 5.91 Å². The van der Waals surface area contributed by atoms with Crippen LogP contribution < -0.4 is 11.1 Å². The van der Waals surface area contributed by atoms with Crippen LogP contribution in [-0.4, -0.2) is 18.5 Å². The topological polar surface area (TPSA) is 55.1 Å². The molecule has 0 saturated heterocycles. The third-order valence-corrected chi connectivity index (χ3v) is 3.37. The smallest absolute Gasteiger partial charge is 0.257 e. The predicted octanol–water partition coefficient (Wildman–Crippen LogP) is 1.96. The van der Waals surface area contributed by atoms with Crippen molar-refractivity contribution in [1.29, 1.82) is 0 Å². The molecule has 1 aliphatic carbocycles. The van der Waals surface area contributed by atoms with Gasteiger partial charge in [0.15, 0.2) is 0 Å². The first-order valence-corrected chi connectivity index (χ1v) is 6.15. The van der Waals surface area contributed by atoms with Gasteiger partial charge >= 0.3 is 0 Å². The van der Waals surface area contributed by atoms with Crippen LogP contribution in [0, 0.1) is 23.4 Å². The Morgan fingerprint density at radius 3 is 2.42 bits per heavy atom. The van der Waals surface area contributed by atoms with Gasteiger partial charge in [-0.05, 0) is 25.2 Å². The number of rotatable bonds is 3. The van der Waals surface area contributed by atoms with Gasteiger partial charge in [-0.3, -0.25) is 4.79 Å². The maximum absolute atomic E-state index is 13.4. The van der Waals surface area contributed by atoms with Gasteiger partial charge in [0, 0.05) is 24.7 Å². The van der Waals surface area contributed by atoms with Crippen molar-refractivity contribution in [1.82, 2.24) is 5.32 Å². The molecule has 0 radical (unpaired) electrons. The highest BCUT2D eigenvalue weighted by Crippen LogP contribution is 2.23. The fourth-order valence-corrected chi connectivity index (χ4v) is 2.38. The third kappa shape index (κ3) is 3.26. The second kappa shape index (κ2) is 5.61. The first-order chi connectivity index (χ1) is 8.97. The van der Waals surface area contributed by atoms with Crippen LogP contribution in [0.3, 0.4) is 0 Å². The normalized spacial score (nSPS) is 22.5. The molecule has 0 heterocycles. The fourth-order valence-electron chi connectivity index (χ4n) is 2.38. The highest BCUT2D eigenvalue weighted by molar-refractivity contribution is 5.94. The number of halogens is 3. The van der Waals surface area contributed by atoms with E-state index in [9.17, 15) is 18.0 Å². The van der Waals surface area contributed by atoms with Gasteiger partial charge < -0.3 is 11.1 Å². The molecule has 1 amide bonds. The summed E-state index contributed by atoms with van der Waals surface area (Å²) in [5.41, 5.74) is 4.99. The molecule has 1 saturated carbocycles. The SMILES string of the molecule is NC1CCC(CNC(=O)c2c(F)cc(F)cc2F)C1. The van der Waals surface area contributed by atoms with Crippen LogP contribution in [0.25, 0.3) is 0 Å². The Hall–Kier alpha value is -1.56. The molecule has 0 aliphatic heterocycles. The molecule has 2 atom stereocenters. The maximum Gasteiger partial charge on any atom is 0.257 e. The lowest BCUT2D eigenvalue weighted by Gasteiger charge is -2.12. The van der Waals surface area contributed by atoms with Crippen molar-refractivity contribution in [2.75, 3.05) is 6.54 Å². The zero-order valence-electron chi connectivity index (χ0n) is 10.3. The third-order valence-electron chi connectivity index (χ3n) is 3.37. The molecule has 1 aromatic carbocycles. The zero-order chi connectivity index (χ0) is 14.0. The second-order valence-electron chi connectivity index (χ2n) is 4.89. The minimum atomic E-state index is -1.20.